The topological polar surface area (TPSA) is 136 Å². The number of piperidine rings is 1. The Hall–Kier alpha value is -5.15. The van der Waals surface area contributed by atoms with Gasteiger partial charge in [0.15, 0.2) is 0 Å². The van der Waals surface area contributed by atoms with Gasteiger partial charge in [0.25, 0.3) is 11.5 Å². The quantitative estimate of drug-likeness (QED) is 0.316. The first-order chi connectivity index (χ1) is 20.9. The Kier molecular flexibility index (Phi) is 7.81. The Labute approximate surface area is 246 Å². The fourth-order valence-electron chi connectivity index (χ4n) is 5.56. The molecule has 11 nitrogen and oxygen atoms in total. The van der Waals surface area contributed by atoms with Crippen LogP contribution < -0.4 is 21.1 Å². The van der Waals surface area contributed by atoms with Crippen molar-refractivity contribution in [2.45, 2.75) is 32.0 Å². The van der Waals surface area contributed by atoms with Crippen LogP contribution in [0.15, 0.2) is 65.5 Å². The molecule has 2 saturated heterocycles. The summed E-state index contributed by atoms with van der Waals surface area (Å²) in [5, 5.41) is 23.0. The van der Waals surface area contributed by atoms with E-state index in [1.54, 1.807) is 30.3 Å². The second-order valence-electron chi connectivity index (χ2n) is 10.7. The van der Waals surface area contributed by atoms with Crippen molar-refractivity contribution in [1.29, 1.82) is 5.26 Å². The molecule has 0 aliphatic carbocycles. The molecule has 4 aromatic rings. The number of nitriles is 1. The SMILES string of the molecule is N#Cc1ccc(N2CCN(Cc3ccc(CNc4cccc5nnn(C6CCC(=O)NC6=O)c(=O)c45)cc3)CC2)c(F)c1. The predicted molar refractivity (Wildman–Crippen MR) is 158 cm³/mol. The van der Waals surface area contributed by atoms with Crippen molar-refractivity contribution < 1.29 is 14.0 Å². The molecule has 0 radical (unpaired) electrons. The second-order valence-corrected chi connectivity index (χ2v) is 10.7. The van der Waals surface area contributed by atoms with E-state index >= 15 is 0 Å². The van der Waals surface area contributed by atoms with E-state index in [0.29, 0.717) is 47.5 Å². The maximum atomic E-state index is 14.4. The molecule has 1 atom stereocenters. The first kappa shape index (κ1) is 28.0. The van der Waals surface area contributed by atoms with Gasteiger partial charge in [0.2, 0.25) is 5.91 Å². The van der Waals surface area contributed by atoms with Crippen molar-refractivity contribution in [2.75, 3.05) is 36.4 Å². The highest BCUT2D eigenvalue weighted by atomic mass is 19.1. The number of piperazine rings is 1. The van der Waals surface area contributed by atoms with E-state index in [9.17, 15) is 18.8 Å². The lowest BCUT2D eigenvalue weighted by atomic mass is 10.1. The fourth-order valence-corrected chi connectivity index (χ4v) is 5.56. The molecular weight excluding hydrogens is 551 g/mol. The van der Waals surface area contributed by atoms with E-state index in [1.807, 2.05) is 23.1 Å². The molecule has 3 heterocycles. The summed E-state index contributed by atoms with van der Waals surface area (Å²) < 4.78 is 15.5. The number of carbonyl (C=O) groups is 2. The number of carbonyl (C=O) groups excluding carboxylic acids is 2. The van der Waals surface area contributed by atoms with Gasteiger partial charge in [0.05, 0.1) is 22.7 Å². The average Bonchev–Trinajstić information content (AvgIpc) is 3.02. The first-order valence-corrected chi connectivity index (χ1v) is 14.1. The lowest BCUT2D eigenvalue weighted by Crippen LogP contribution is -2.46. The summed E-state index contributed by atoms with van der Waals surface area (Å²) in [6.07, 6.45) is 0.325. The van der Waals surface area contributed by atoms with Crippen LogP contribution in [0.5, 0.6) is 0 Å². The number of anilines is 2. The van der Waals surface area contributed by atoms with Crippen LogP contribution in [0, 0.1) is 17.1 Å². The molecule has 2 fully saturated rings. The summed E-state index contributed by atoms with van der Waals surface area (Å²) in [6, 6.07) is 19.2. The number of nitrogens with one attached hydrogen (secondary N) is 2. The van der Waals surface area contributed by atoms with Gasteiger partial charge in [-0.15, -0.1) is 5.10 Å². The molecule has 1 aromatic heterocycles. The van der Waals surface area contributed by atoms with E-state index in [4.69, 9.17) is 5.26 Å². The number of rotatable bonds is 7. The van der Waals surface area contributed by atoms with Crippen molar-refractivity contribution in [3.63, 3.8) is 0 Å². The Morgan fingerprint density at radius 1 is 1.00 bits per heavy atom. The van der Waals surface area contributed by atoms with Gasteiger partial charge in [-0.2, -0.15) is 9.94 Å². The Bertz CT molecular complexity index is 1790. The number of amides is 2. The molecule has 0 spiro atoms. The van der Waals surface area contributed by atoms with Crippen molar-refractivity contribution in [2.24, 2.45) is 0 Å². The number of nitrogens with zero attached hydrogens (tertiary/aromatic N) is 6. The third kappa shape index (κ3) is 5.93. The second kappa shape index (κ2) is 12.0. The van der Waals surface area contributed by atoms with Crippen LogP contribution in [-0.2, 0) is 22.7 Å². The lowest BCUT2D eigenvalue weighted by molar-refractivity contribution is -0.136. The van der Waals surface area contributed by atoms with Gasteiger partial charge >= 0.3 is 0 Å². The standard InChI is InChI=1S/C31H29FN8O3/c32-23-16-22(17-33)8-9-26(23)39-14-12-38(13-15-39)19-21-6-4-20(5-7-21)18-34-24-2-1-3-25-29(24)31(43)40(37-36-25)27-10-11-28(41)35-30(27)42/h1-9,16,27,34H,10-15,18-19H2,(H,35,41,42). The largest absolute Gasteiger partial charge is 0.380 e. The van der Waals surface area contributed by atoms with E-state index in [1.165, 1.54) is 6.07 Å². The maximum absolute atomic E-state index is 14.4. The molecule has 6 rings (SSSR count). The number of hydrogen-bond acceptors (Lipinski definition) is 9. The van der Waals surface area contributed by atoms with Crippen LogP contribution in [0.2, 0.25) is 0 Å². The summed E-state index contributed by atoms with van der Waals surface area (Å²) in [5.74, 6) is -1.29. The lowest BCUT2D eigenvalue weighted by Gasteiger charge is -2.36. The van der Waals surface area contributed by atoms with Crippen LogP contribution >= 0.6 is 0 Å². The van der Waals surface area contributed by atoms with Crippen LogP contribution in [0.25, 0.3) is 10.9 Å². The number of hydrogen-bond donors (Lipinski definition) is 2. The van der Waals surface area contributed by atoms with Crippen molar-refractivity contribution in [3.8, 4) is 6.07 Å². The molecule has 12 heteroatoms. The first-order valence-electron chi connectivity index (χ1n) is 14.1. The zero-order valence-corrected chi connectivity index (χ0v) is 23.3. The van der Waals surface area contributed by atoms with Gasteiger partial charge in [-0.1, -0.05) is 35.5 Å². The zero-order chi connectivity index (χ0) is 29.9. The van der Waals surface area contributed by atoms with Crippen LogP contribution in [0.4, 0.5) is 15.8 Å². The Morgan fingerprint density at radius 3 is 2.49 bits per heavy atom. The summed E-state index contributed by atoms with van der Waals surface area (Å²) >= 11 is 0. The van der Waals surface area contributed by atoms with Crippen molar-refractivity contribution in [3.05, 3.63) is 93.5 Å². The van der Waals surface area contributed by atoms with Gasteiger partial charge in [0.1, 0.15) is 17.4 Å². The Morgan fingerprint density at radius 2 is 1.77 bits per heavy atom. The molecule has 1 unspecified atom stereocenters. The molecule has 43 heavy (non-hydrogen) atoms. The monoisotopic (exact) mass is 580 g/mol. The summed E-state index contributed by atoms with van der Waals surface area (Å²) in [6.45, 7) is 4.23. The van der Waals surface area contributed by atoms with Gasteiger partial charge in [0, 0.05) is 51.4 Å². The minimum Gasteiger partial charge on any atom is -0.380 e. The third-order valence-corrected chi connectivity index (χ3v) is 7.92. The number of fused-ring (bicyclic) bond motifs is 1. The maximum Gasteiger partial charge on any atom is 0.280 e. The highest BCUT2D eigenvalue weighted by molar-refractivity contribution is 5.99. The van der Waals surface area contributed by atoms with Gasteiger partial charge in [-0.3, -0.25) is 24.6 Å². The molecule has 2 aliphatic heterocycles. The summed E-state index contributed by atoms with van der Waals surface area (Å²) in [7, 11) is 0. The van der Waals surface area contributed by atoms with E-state index in [2.05, 4.69) is 38.0 Å². The zero-order valence-electron chi connectivity index (χ0n) is 23.3. The Balaban J connectivity index is 1.08. The van der Waals surface area contributed by atoms with E-state index < -0.39 is 17.5 Å². The minimum absolute atomic E-state index is 0.132. The summed E-state index contributed by atoms with van der Waals surface area (Å²) in [4.78, 5) is 41.6. The molecule has 2 N–H and O–H groups in total. The van der Waals surface area contributed by atoms with Gasteiger partial charge in [-0.25, -0.2) is 4.39 Å². The fraction of sp³-hybridized carbons (Fsp3) is 0.290. The number of halogens is 1. The van der Waals surface area contributed by atoms with E-state index in [-0.39, 0.29) is 24.6 Å². The highest BCUT2D eigenvalue weighted by Gasteiger charge is 2.30. The molecule has 2 aliphatic rings. The molecule has 2 amide bonds. The number of aromatic nitrogens is 3. The molecular formula is C31H29FN8O3. The normalized spacial score (nSPS) is 17.5. The molecule has 0 bridgehead atoms. The number of imide groups is 1. The highest BCUT2D eigenvalue weighted by Crippen LogP contribution is 2.24. The van der Waals surface area contributed by atoms with Gasteiger partial charge < -0.3 is 10.2 Å². The van der Waals surface area contributed by atoms with Gasteiger partial charge in [-0.05, 0) is 47.9 Å². The van der Waals surface area contributed by atoms with Crippen molar-refractivity contribution >= 4 is 34.1 Å². The third-order valence-electron chi connectivity index (χ3n) is 7.92. The van der Waals surface area contributed by atoms with E-state index in [0.717, 1.165) is 35.4 Å². The predicted octanol–water partition coefficient (Wildman–Crippen LogP) is 2.71. The number of benzene rings is 3. The average molecular weight is 581 g/mol. The summed E-state index contributed by atoms with van der Waals surface area (Å²) in [5.41, 5.74) is 3.58. The van der Waals surface area contributed by atoms with Crippen LogP contribution in [0.3, 0.4) is 0 Å². The van der Waals surface area contributed by atoms with Crippen molar-refractivity contribution in [1.82, 2.24) is 25.2 Å². The van der Waals surface area contributed by atoms with Crippen LogP contribution in [-0.4, -0.2) is 57.9 Å². The molecule has 0 saturated carbocycles. The molecule has 3 aromatic carbocycles. The smallest absolute Gasteiger partial charge is 0.280 e. The van der Waals surface area contributed by atoms with Crippen LogP contribution in [0.1, 0.15) is 35.6 Å². The molecule has 218 valence electrons. The minimum atomic E-state index is -0.886.